The minimum absolute atomic E-state index is 0.439. The fraction of sp³-hybridized carbons (Fsp3) is 1.00. The van der Waals surface area contributed by atoms with Crippen LogP contribution in [0.5, 0.6) is 0 Å². The van der Waals surface area contributed by atoms with Crippen molar-refractivity contribution in [3.8, 4) is 0 Å². The Balaban J connectivity index is 2.39. The molecule has 0 radical (unpaired) electrons. The van der Waals surface area contributed by atoms with Gasteiger partial charge in [-0.1, -0.05) is 20.8 Å². The van der Waals surface area contributed by atoms with E-state index in [9.17, 15) is 0 Å². The molecule has 0 bridgehead atoms. The minimum atomic E-state index is 0.439. The second-order valence-electron chi connectivity index (χ2n) is 7.66. The van der Waals surface area contributed by atoms with Gasteiger partial charge in [0.1, 0.15) is 0 Å². The van der Waals surface area contributed by atoms with Gasteiger partial charge in [0.25, 0.3) is 0 Å². The van der Waals surface area contributed by atoms with Gasteiger partial charge in [-0.25, -0.2) is 0 Å². The van der Waals surface area contributed by atoms with Crippen LogP contribution in [0.25, 0.3) is 0 Å². The van der Waals surface area contributed by atoms with E-state index in [0.717, 1.165) is 19.0 Å². The molecule has 0 aromatic rings. The lowest BCUT2D eigenvalue weighted by Crippen LogP contribution is -2.58. The van der Waals surface area contributed by atoms with Gasteiger partial charge in [-0.05, 0) is 72.3 Å². The molecule has 0 spiro atoms. The lowest BCUT2D eigenvalue weighted by Gasteiger charge is -2.50. The van der Waals surface area contributed by atoms with Crippen molar-refractivity contribution in [1.29, 1.82) is 0 Å². The maximum absolute atomic E-state index is 3.60. The Morgan fingerprint density at radius 3 is 2.00 bits per heavy atom. The first kappa shape index (κ1) is 17.9. The summed E-state index contributed by atoms with van der Waals surface area (Å²) in [6.45, 7) is 12.7. The summed E-state index contributed by atoms with van der Waals surface area (Å²) >= 11 is 0. The van der Waals surface area contributed by atoms with E-state index in [0.29, 0.717) is 17.5 Å². The van der Waals surface area contributed by atoms with Crippen LogP contribution in [0.15, 0.2) is 0 Å². The fourth-order valence-corrected chi connectivity index (χ4v) is 3.14. The van der Waals surface area contributed by atoms with Crippen molar-refractivity contribution >= 4 is 0 Å². The van der Waals surface area contributed by atoms with Crippen LogP contribution in [-0.2, 0) is 0 Å². The second kappa shape index (κ2) is 7.77. The van der Waals surface area contributed by atoms with Crippen LogP contribution in [0, 0.1) is 11.8 Å². The summed E-state index contributed by atoms with van der Waals surface area (Å²) in [6.07, 6.45) is 4.11. The molecule has 1 saturated carbocycles. The quantitative estimate of drug-likeness (QED) is 0.702. The molecule has 0 aromatic heterocycles. The number of hydrogen-bond donors (Lipinski definition) is 1. The molecule has 0 aliphatic heterocycles. The number of nitrogens with zero attached hydrogens (tertiary/aromatic N) is 2. The van der Waals surface area contributed by atoms with Gasteiger partial charge in [0.2, 0.25) is 0 Å². The maximum atomic E-state index is 3.60. The van der Waals surface area contributed by atoms with Gasteiger partial charge in [-0.15, -0.1) is 0 Å². The highest BCUT2D eigenvalue weighted by molar-refractivity contribution is 4.98. The minimum Gasteiger partial charge on any atom is -0.316 e. The molecule has 1 fully saturated rings. The summed E-state index contributed by atoms with van der Waals surface area (Å²) in [7, 11) is 6.78. The lowest BCUT2D eigenvalue weighted by atomic mass is 9.75. The van der Waals surface area contributed by atoms with E-state index in [1.807, 2.05) is 0 Å². The first-order valence-corrected chi connectivity index (χ1v) is 8.37. The summed E-state index contributed by atoms with van der Waals surface area (Å²) in [4.78, 5) is 5.02. The Kier molecular flexibility index (Phi) is 6.96. The third-order valence-corrected chi connectivity index (χ3v) is 5.31. The Bertz CT molecular complexity index is 271. The Morgan fingerprint density at radius 2 is 1.60 bits per heavy atom. The molecule has 1 rings (SSSR count). The van der Waals surface area contributed by atoms with E-state index in [4.69, 9.17) is 0 Å². The highest BCUT2D eigenvalue weighted by Crippen LogP contribution is 2.37. The van der Waals surface area contributed by atoms with E-state index in [1.54, 1.807) is 0 Å². The molecule has 120 valence electrons. The fourth-order valence-electron chi connectivity index (χ4n) is 3.14. The largest absolute Gasteiger partial charge is 0.316 e. The van der Waals surface area contributed by atoms with Gasteiger partial charge < -0.3 is 15.1 Å². The van der Waals surface area contributed by atoms with Gasteiger partial charge in [-0.3, -0.25) is 0 Å². The van der Waals surface area contributed by atoms with Crippen molar-refractivity contribution in [2.45, 2.75) is 58.5 Å². The number of rotatable bonds is 9. The van der Waals surface area contributed by atoms with Gasteiger partial charge in [0, 0.05) is 18.1 Å². The number of nitrogens with one attached hydrogen (secondary N) is 1. The average Bonchev–Trinajstić information content (AvgIpc) is 2.31. The summed E-state index contributed by atoms with van der Waals surface area (Å²) in [5.41, 5.74) is 0.439. The SMILES string of the molecule is CC(C)CNCC(C)C(C)N(C)CC1(N(C)C)CCC1. The second-order valence-corrected chi connectivity index (χ2v) is 7.66. The number of hydrogen-bond acceptors (Lipinski definition) is 3. The molecule has 0 heterocycles. The molecule has 0 amide bonds. The summed E-state index contributed by atoms with van der Waals surface area (Å²) in [6, 6.07) is 0.632. The van der Waals surface area contributed by atoms with Gasteiger partial charge >= 0.3 is 0 Å². The van der Waals surface area contributed by atoms with Crippen molar-refractivity contribution in [3.63, 3.8) is 0 Å². The lowest BCUT2D eigenvalue weighted by molar-refractivity contribution is 0.0115. The van der Waals surface area contributed by atoms with Crippen LogP contribution < -0.4 is 5.32 Å². The van der Waals surface area contributed by atoms with E-state index < -0.39 is 0 Å². The Morgan fingerprint density at radius 1 is 1.00 bits per heavy atom. The van der Waals surface area contributed by atoms with Gasteiger partial charge in [0.05, 0.1) is 0 Å². The maximum Gasteiger partial charge on any atom is 0.0330 e. The molecule has 0 aromatic carbocycles. The standard InChI is InChI=1S/C17H37N3/c1-14(2)11-18-12-15(3)16(4)20(7)13-17(19(5)6)9-8-10-17/h14-16,18H,8-13H2,1-7H3. The molecule has 2 unspecified atom stereocenters. The molecule has 0 saturated heterocycles. The third kappa shape index (κ3) is 4.71. The monoisotopic (exact) mass is 283 g/mol. The highest BCUT2D eigenvalue weighted by atomic mass is 15.2. The van der Waals surface area contributed by atoms with Crippen molar-refractivity contribution in [3.05, 3.63) is 0 Å². The zero-order chi connectivity index (χ0) is 15.3. The van der Waals surface area contributed by atoms with Gasteiger partial charge in [0.15, 0.2) is 0 Å². The predicted molar refractivity (Wildman–Crippen MR) is 89.2 cm³/mol. The van der Waals surface area contributed by atoms with Crippen LogP contribution >= 0.6 is 0 Å². The Labute approximate surface area is 127 Å². The summed E-state index contributed by atoms with van der Waals surface area (Å²) in [5.74, 6) is 1.43. The summed E-state index contributed by atoms with van der Waals surface area (Å²) in [5, 5.41) is 3.60. The molecular weight excluding hydrogens is 246 g/mol. The smallest absolute Gasteiger partial charge is 0.0330 e. The van der Waals surface area contributed by atoms with Crippen molar-refractivity contribution in [2.75, 3.05) is 40.8 Å². The molecule has 20 heavy (non-hydrogen) atoms. The first-order chi connectivity index (χ1) is 9.28. The van der Waals surface area contributed by atoms with Crippen molar-refractivity contribution < 1.29 is 0 Å². The Hall–Kier alpha value is -0.120. The van der Waals surface area contributed by atoms with Crippen LogP contribution in [0.3, 0.4) is 0 Å². The zero-order valence-electron chi connectivity index (χ0n) is 14.9. The predicted octanol–water partition coefficient (Wildman–Crippen LogP) is 2.67. The summed E-state index contributed by atoms with van der Waals surface area (Å²) < 4.78 is 0. The number of likely N-dealkylation sites (N-methyl/N-ethyl adjacent to an activating group) is 2. The molecular formula is C17H37N3. The van der Waals surface area contributed by atoms with Gasteiger partial charge in [-0.2, -0.15) is 0 Å². The molecule has 3 heteroatoms. The van der Waals surface area contributed by atoms with Crippen LogP contribution in [-0.4, -0.2) is 62.2 Å². The van der Waals surface area contributed by atoms with E-state index in [-0.39, 0.29) is 0 Å². The van der Waals surface area contributed by atoms with E-state index in [2.05, 4.69) is 64.0 Å². The van der Waals surface area contributed by atoms with E-state index >= 15 is 0 Å². The zero-order valence-corrected chi connectivity index (χ0v) is 14.9. The van der Waals surface area contributed by atoms with Crippen LogP contribution in [0.1, 0.15) is 47.0 Å². The van der Waals surface area contributed by atoms with Crippen LogP contribution in [0.2, 0.25) is 0 Å². The molecule has 2 atom stereocenters. The van der Waals surface area contributed by atoms with Crippen LogP contribution in [0.4, 0.5) is 0 Å². The van der Waals surface area contributed by atoms with Crippen molar-refractivity contribution in [1.82, 2.24) is 15.1 Å². The molecule has 3 nitrogen and oxygen atoms in total. The third-order valence-electron chi connectivity index (χ3n) is 5.31. The average molecular weight is 284 g/mol. The topological polar surface area (TPSA) is 18.5 Å². The normalized spacial score (nSPS) is 21.3. The molecule has 1 aliphatic carbocycles. The molecule has 1 N–H and O–H groups in total. The highest BCUT2D eigenvalue weighted by Gasteiger charge is 2.40. The first-order valence-electron chi connectivity index (χ1n) is 8.37. The van der Waals surface area contributed by atoms with Crippen molar-refractivity contribution in [2.24, 2.45) is 11.8 Å². The molecule has 1 aliphatic rings. The van der Waals surface area contributed by atoms with E-state index in [1.165, 1.54) is 25.8 Å².